The Morgan fingerprint density at radius 2 is 2.08 bits per heavy atom. The number of ether oxygens (including phenoxy) is 1. The maximum Gasteiger partial charge on any atom is 0.213 e. The van der Waals surface area contributed by atoms with E-state index in [0.717, 1.165) is 29.5 Å². The zero-order chi connectivity index (χ0) is 17.2. The normalized spacial score (nSPS) is 11.4. The van der Waals surface area contributed by atoms with Crippen molar-refractivity contribution >= 4 is 17.3 Å². The van der Waals surface area contributed by atoms with Crippen LogP contribution in [0, 0.1) is 6.92 Å². The molecule has 0 fully saturated rings. The Morgan fingerprint density at radius 1 is 1.21 bits per heavy atom. The third-order valence-corrected chi connectivity index (χ3v) is 4.00. The minimum Gasteiger partial charge on any atom is -0.478 e. The van der Waals surface area contributed by atoms with Gasteiger partial charge in [0.15, 0.2) is 5.96 Å². The van der Waals surface area contributed by atoms with E-state index < -0.39 is 0 Å². The first kappa shape index (κ1) is 18.2. The van der Waals surface area contributed by atoms with Gasteiger partial charge in [-0.25, -0.2) is 15.0 Å². The van der Waals surface area contributed by atoms with Crippen LogP contribution in [-0.2, 0) is 13.1 Å². The van der Waals surface area contributed by atoms with E-state index in [1.165, 1.54) is 4.88 Å². The minimum atomic E-state index is 0.563. The number of nitrogens with zero attached hydrogens (tertiary/aromatic N) is 3. The zero-order valence-electron chi connectivity index (χ0n) is 14.5. The highest BCUT2D eigenvalue weighted by molar-refractivity contribution is 7.11. The molecule has 2 aromatic rings. The highest BCUT2D eigenvalue weighted by atomic mass is 32.1. The highest BCUT2D eigenvalue weighted by Crippen LogP contribution is 2.11. The molecular formula is C17H25N5OS. The van der Waals surface area contributed by atoms with E-state index in [4.69, 9.17) is 4.74 Å². The van der Waals surface area contributed by atoms with Crippen LogP contribution >= 0.6 is 11.3 Å². The molecule has 0 atom stereocenters. The summed E-state index contributed by atoms with van der Waals surface area (Å²) in [6.45, 7) is 8.92. The average Bonchev–Trinajstić information content (AvgIpc) is 3.02. The molecule has 0 saturated carbocycles. The number of hydrogen-bond donors (Lipinski definition) is 2. The fourth-order valence-electron chi connectivity index (χ4n) is 1.95. The van der Waals surface area contributed by atoms with Crippen molar-refractivity contribution in [2.45, 2.75) is 40.3 Å². The number of nitrogens with one attached hydrogen (secondary N) is 2. The molecule has 0 aliphatic heterocycles. The van der Waals surface area contributed by atoms with Crippen LogP contribution in [0.15, 0.2) is 29.5 Å². The zero-order valence-corrected chi connectivity index (χ0v) is 15.3. The number of pyridine rings is 1. The van der Waals surface area contributed by atoms with Crippen LogP contribution in [0.2, 0.25) is 0 Å². The minimum absolute atomic E-state index is 0.563. The second kappa shape index (κ2) is 9.87. The van der Waals surface area contributed by atoms with Gasteiger partial charge in [-0.2, -0.15) is 0 Å². The van der Waals surface area contributed by atoms with Gasteiger partial charge in [0.25, 0.3) is 0 Å². The van der Waals surface area contributed by atoms with Crippen LogP contribution in [0.5, 0.6) is 5.88 Å². The molecule has 0 aliphatic rings. The second-order valence-corrected chi connectivity index (χ2v) is 6.59. The van der Waals surface area contributed by atoms with Crippen LogP contribution < -0.4 is 15.4 Å². The van der Waals surface area contributed by atoms with Gasteiger partial charge in [-0.3, -0.25) is 0 Å². The molecule has 2 aromatic heterocycles. The van der Waals surface area contributed by atoms with Crippen LogP contribution in [0.1, 0.15) is 35.7 Å². The molecule has 0 bridgehead atoms. The molecule has 2 N–H and O–H groups in total. The maximum atomic E-state index is 5.49. The van der Waals surface area contributed by atoms with Crippen LogP contribution in [0.25, 0.3) is 0 Å². The van der Waals surface area contributed by atoms with Crippen molar-refractivity contribution in [3.8, 4) is 5.88 Å². The Bertz CT molecular complexity index is 639. The van der Waals surface area contributed by atoms with Gasteiger partial charge in [0.2, 0.25) is 5.88 Å². The summed E-state index contributed by atoms with van der Waals surface area (Å²) in [4.78, 5) is 14.4. The number of thiazole rings is 1. The van der Waals surface area contributed by atoms with Crippen LogP contribution in [-0.4, -0.2) is 29.1 Å². The summed E-state index contributed by atoms with van der Waals surface area (Å²) in [5, 5.41) is 7.59. The molecule has 2 rings (SSSR count). The third kappa shape index (κ3) is 6.16. The molecule has 0 unspecified atom stereocenters. The third-order valence-electron chi connectivity index (χ3n) is 3.09. The fourth-order valence-corrected chi connectivity index (χ4v) is 2.68. The lowest BCUT2D eigenvalue weighted by Crippen LogP contribution is -2.36. The van der Waals surface area contributed by atoms with Gasteiger partial charge >= 0.3 is 0 Å². The number of hydrogen-bond acceptors (Lipinski definition) is 5. The molecule has 0 spiro atoms. The predicted molar refractivity (Wildman–Crippen MR) is 98.5 cm³/mol. The molecule has 0 amide bonds. The lowest BCUT2D eigenvalue weighted by molar-refractivity contribution is 0.305. The molecule has 7 heteroatoms. The summed E-state index contributed by atoms with van der Waals surface area (Å²) in [5.41, 5.74) is 1.04. The average molecular weight is 347 g/mol. The van der Waals surface area contributed by atoms with Gasteiger partial charge in [-0.05, 0) is 25.8 Å². The van der Waals surface area contributed by atoms with E-state index in [1.54, 1.807) is 11.3 Å². The standard InChI is InChI=1S/C17H25N5OS/c1-4-8-23-15-7-6-14(10-19-15)11-21-17(18-5-2)22-12-16-20-9-13(3)24-16/h6-7,9-10H,4-5,8,11-12H2,1-3H3,(H2,18,21,22). The van der Waals surface area contributed by atoms with Gasteiger partial charge in [0.05, 0.1) is 19.7 Å². The number of guanidine groups is 1. The van der Waals surface area contributed by atoms with Crippen molar-refractivity contribution in [2.75, 3.05) is 13.2 Å². The number of aromatic nitrogens is 2. The first-order valence-corrected chi connectivity index (χ1v) is 9.04. The van der Waals surface area contributed by atoms with Gasteiger partial charge in [-0.15, -0.1) is 11.3 Å². The summed E-state index contributed by atoms with van der Waals surface area (Å²) in [6, 6.07) is 3.88. The fraction of sp³-hybridized carbons (Fsp3) is 0.471. The molecule has 6 nitrogen and oxygen atoms in total. The lowest BCUT2D eigenvalue weighted by atomic mass is 10.3. The van der Waals surface area contributed by atoms with E-state index >= 15 is 0 Å². The van der Waals surface area contributed by atoms with E-state index in [0.29, 0.717) is 25.6 Å². The molecule has 0 aliphatic carbocycles. The monoisotopic (exact) mass is 347 g/mol. The van der Waals surface area contributed by atoms with Crippen LogP contribution in [0.4, 0.5) is 0 Å². The summed E-state index contributed by atoms with van der Waals surface area (Å²) >= 11 is 1.69. The highest BCUT2D eigenvalue weighted by Gasteiger charge is 2.02. The van der Waals surface area contributed by atoms with Crippen molar-refractivity contribution in [1.82, 2.24) is 20.6 Å². The predicted octanol–water partition coefficient (Wildman–Crippen LogP) is 2.89. The Hall–Kier alpha value is -2.15. The molecule has 0 saturated heterocycles. The quantitative estimate of drug-likeness (QED) is 0.567. The molecule has 0 radical (unpaired) electrons. The number of aliphatic imine (C=N–C) groups is 1. The van der Waals surface area contributed by atoms with E-state index in [2.05, 4.69) is 39.4 Å². The Morgan fingerprint density at radius 3 is 2.71 bits per heavy atom. The first-order chi connectivity index (χ1) is 11.7. The molecule has 130 valence electrons. The molecule has 0 aromatic carbocycles. The first-order valence-electron chi connectivity index (χ1n) is 8.22. The Kier molecular flexibility index (Phi) is 7.48. The van der Waals surface area contributed by atoms with Gasteiger partial charge < -0.3 is 15.4 Å². The Labute approximate surface area is 147 Å². The SMILES string of the molecule is CCCOc1ccc(CN=C(NCC)NCc2ncc(C)s2)cn1. The van der Waals surface area contributed by atoms with Crippen molar-refractivity contribution in [3.63, 3.8) is 0 Å². The van der Waals surface area contributed by atoms with Crippen LogP contribution in [0.3, 0.4) is 0 Å². The van der Waals surface area contributed by atoms with Crippen molar-refractivity contribution in [3.05, 3.63) is 40.0 Å². The molecular weight excluding hydrogens is 322 g/mol. The Balaban J connectivity index is 1.89. The van der Waals surface area contributed by atoms with Gasteiger partial charge in [-0.1, -0.05) is 13.0 Å². The van der Waals surface area contributed by atoms with E-state index in [1.807, 2.05) is 31.5 Å². The second-order valence-electron chi connectivity index (χ2n) is 5.27. The summed E-state index contributed by atoms with van der Waals surface area (Å²) in [6.07, 6.45) is 4.67. The van der Waals surface area contributed by atoms with Gasteiger partial charge in [0, 0.05) is 29.9 Å². The lowest BCUT2D eigenvalue weighted by Gasteiger charge is -2.10. The largest absolute Gasteiger partial charge is 0.478 e. The summed E-state index contributed by atoms with van der Waals surface area (Å²) in [5.74, 6) is 1.44. The molecule has 24 heavy (non-hydrogen) atoms. The summed E-state index contributed by atoms with van der Waals surface area (Å²) < 4.78 is 5.49. The van der Waals surface area contributed by atoms with Gasteiger partial charge in [0.1, 0.15) is 5.01 Å². The molecule has 2 heterocycles. The van der Waals surface area contributed by atoms with Crippen molar-refractivity contribution in [2.24, 2.45) is 4.99 Å². The maximum absolute atomic E-state index is 5.49. The summed E-state index contributed by atoms with van der Waals surface area (Å²) in [7, 11) is 0. The van der Waals surface area contributed by atoms with E-state index in [9.17, 15) is 0 Å². The van der Waals surface area contributed by atoms with E-state index in [-0.39, 0.29) is 0 Å². The number of aryl methyl sites for hydroxylation is 1. The number of rotatable bonds is 8. The topological polar surface area (TPSA) is 71.4 Å². The van der Waals surface area contributed by atoms with Crippen molar-refractivity contribution in [1.29, 1.82) is 0 Å². The smallest absolute Gasteiger partial charge is 0.213 e. The van der Waals surface area contributed by atoms with Crippen molar-refractivity contribution < 1.29 is 4.74 Å².